The zero-order valence-corrected chi connectivity index (χ0v) is 11.3. The highest BCUT2D eigenvalue weighted by molar-refractivity contribution is 6.33. The number of carbonyl (C=O) groups excluding carboxylic acids is 1. The molecule has 3 N–H and O–H groups in total. The predicted molar refractivity (Wildman–Crippen MR) is 74.9 cm³/mol. The molecule has 0 aromatic heterocycles. The lowest BCUT2D eigenvalue weighted by Crippen LogP contribution is -2.16. The van der Waals surface area contributed by atoms with Gasteiger partial charge >= 0.3 is 0 Å². The van der Waals surface area contributed by atoms with E-state index >= 15 is 0 Å². The van der Waals surface area contributed by atoms with Gasteiger partial charge in [-0.2, -0.15) is 0 Å². The van der Waals surface area contributed by atoms with Crippen molar-refractivity contribution in [2.75, 3.05) is 11.1 Å². The molecule has 20 heavy (non-hydrogen) atoms. The first kappa shape index (κ1) is 14.3. The Kier molecular flexibility index (Phi) is 3.90. The lowest BCUT2D eigenvalue weighted by atomic mass is 10.1. The number of anilines is 2. The van der Waals surface area contributed by atoms with Gasteiger partial charge in [0.15, 0.2) is 0 Å². The van der Waals surface area contributed by atoms with Gasteiger partial charge < -0.3 is 11.1 Å². The molecule has 0 unspecified atom stereocenters. The first-order valence-electron chi connectivity index (χ1n) is 5.71. The minimum atomic E-state index is -0.924. The van der Waals surface area contributed by atoms with Crippen molar-refractivity contribution in [3.63, 3.8) is 0 Å². The molecule has 0 fully saturated rings. The van der Waals surface area contributed by atoms with E-state index in [1.165, 1.54) is 31.2 Å². The molecule has 0 radical (unpaired) electrons. The van der Waals surface area contributed by atoms with Crippen LogP contribution >= 0.6 is 11.6 Å². The number of carbonyl (C=O) groups is 1. The highest BCUT2D eigenvalue weighted by Crippen LogP contribution is 2.23. The van der Waals surface area contributed by atoms with Gasteiger partial charge in [0.1, 0.15) is 17.2 Å². The van der Waals surface area contributed by atoms with Crippen molar-refractivity contribution in [1.82, 2.24) is 0 Å². The van der Waals surface area contributed by atoms with Gasteiger partial charge in [-0.3, -0.25) is 4.79 Å². The van der Waals surface area contributed by atoms with E-state index in [-0.39, 0.29) is 11.3 Å². The molecule has 104 valence electrons. The Morgan fingerprint density at radius 1 is 1.25 bits per heavy atom. The lowest BCUT2D eigenvalue weighted by molar-refractivity contribution is 0.101. The topological polar surface area (TPSA) is 55.1 Å². The summed E-state index contributed by atoms with van der Waals surface area (Å²) in [6.07, 6.45) is 0. The third-order valence-electron chi connectivity index (χ3n) is 2.77. The van der Waals surface area contributed by atoms with Crippen molar-refractivity contribution in [2.24, 2.45) is 0 Å². The molecule has 0 saturated heterocycles. The molecule has 0 aliphatic rings. The third-order valence-corrected chi connectivity index (χ3v) is 3.11. The fourth-order valence-corrected chi connectivity index (χ4v) is 1.80. The van der Waals surface area contributed by atoms with Gasteiger partial charge in [-0.1, -0.05) is 17.7 Å². The van der Waals surface area contributed by atoms with Crippen molar-refractivity contribution in [2.45, 2.75) is 6.92 Å². The number of nitrogen functional groups attached to an aromatic ring is 1. The number of rotatable bonds is 2. The Labute approximate surface area is 119 Å². The molecule has 0 atom stereocenters. The fraction of sp³-hybridized carbons (Fsp3) is 0.0714. The number of benzene rings is 2. The van der Waals surface area contributed by atoms with Crippen LogP contribution in [0.5, 0.6) is 0 Å². The Hall–Kier alpha value is -2.14. The van der Waals surface area contributed by atoms with Gasteiger partial charge in [-0.05, 0) is 36.8 Å². The summed E-state index contributed by atoms with van der Waals surface area (Å²) in [6.45, 7) is 1.45. The van der Waals surface area contributed by atoms with E-state index in [1.807, 2.05) is 0 Å². The number of amides is 1. The standard InChI is InChI=1S/C14H11ClF2N2O/c1-7-2-5-10(16)12(13(7)17)14(20)19-8-3-4-9(15)11(18)6-8/h2-6H,18H2,1H3,(H,19,20). The van der Waals surface area contributed by atoms with Crippen LogP contribution in [-0.2, 0) is 0 Å². The van der Waals surface area contributed by atoms with Crippen LogP contribution in [0.2, 0.25) is 5.02 Å². The van der Waals surface area contributed by atoms with Gasteiger partial charge in [0.2, 0.25) is 0 Å². The van der Waals surface area contributed by atoms with Crippen molar-refractivity contribution in [1.29, 1.82) is 0 Å². The molecule has 1 amide bonds. The summed E-state index contributed by atoms with van der Waals surface area (Å²) < 4.78 is 27.4. The Morgan fingerprint density at radius 2 is 1.95 bits per heavy atom. The molecule has 3 nitrogen and oxygen atoms in total. The molecule has 2 aromatic carbocycles. The van der Waals surface area contributed by atoms with Crippen LogP contribution in [0.3, 0.4) is 0 Å². The number of halogens is 3. The minimum absolute atomic E-state index is 0.187. The van der Waals surface area contributed by atoms with Crippen molar-refractivity contribution < 1.29 is 13.6 Å². The maximum absolute atomic E-state index is 13.8. The van der Waals surface area contributed by atoms with E-state index < -0.39 is 23.1 Å². The summed E-state index contributed by atoms with van der Waals surface area (Å²) in [7, 11) is 0. The van der Waals surface area contributed by atoms with Crippen LogP contribution in [-0.4, -0.2) is 5.91 Å². The number of nitrogens with two attached hydrogens (primary N) is 1. The first-order chi connectivity index (χ1) is 9.40. The lowest BCUT2D eigenvalue weighted by Gasteiger charge is -2.09. The summed E-state index contributed by atoms with van der Waals surface area (Å²) in [4.78, 5) is 11.9. The molecule has 6 heteroatoms. The second kappa shape index (κ2) is 5.46. The van der Waals surface area contributed by atoms with Crippen LogP contribution in [0.1, 0.15) is 15.9 Å². The highest BCUT2D eigenvalue weighted by Gasteiger charge is 2.19. The summed E-state index contributed by atoms with van der Waals surface area (Å²) >= 11 is 5.75. The van der Waals surface area contributed by atoms with E-state index in [0.717, 1.165) is 6.07 Å². The maximum atomic E-state index is 13.8. The predicted octanol–water partition coefficient (Wildman–Crippen LogP) is 3.76. The number of hydrogen-bond acceptors (Lipinski definition) is 2. The van der Waals surface area contributed by atoms with E-state index in [0.29, 0.717) is 10.7 Å². The Bertz CT molecular complexity index is 689. The van der Waals surface area contributed by atoms with Gasteiger partial charge in [0.05, 0.1) is 10.7 Å². The van der Waals surface area contributed by atoms with Gasteiger partial charge in [-0.15, -0.1) is 0 Å². The van der Waals surface area contributed by atoms with Crippen LogP contribution < -0.4 is 11.1 Å². The summed E-state index contributed by atoms with van der Waals surface area (Å²) in [5.41, 5.74) is 5.71. The molecule has 2 aromatic rings. The average Bonchev–Trinajstić information content (AvgIpc) is 2.39. The molecule has 0 aliphatic heterocycles. The SMILES string of the molecule is Cc1ccc(F)c(C(=O)Nc2ccc(Cl)c(N)c2)c1F. The third kappa shape index (κ3) is 2.72. The fourth-order valence-electron chi connectivity index (χ4n) is 1.68. The quantitative estimate of drug-likeness (QED) is 0.829. The van der Waals surface area contributed by atoms with E-state index in [4.69, 9.17) is 17.3 Å². The van der Waals surface area contributed by atoms with Crippen molar-refractivity contribution >= 4 is 28.9 Å². The van der Waals surface area contributed by atoms with Gasteiger partial charge in [0.25, 0.3) is 5.91 Å². The molecule has 0 heterocycles. The normalized spacial score (nSPS) is 10.4. The van der Waals surface area contributed by atoms with Gasteiger partial charge in [-0.25, -0.2) is 8.78 Å². The molecular formula is C14H11ClF2N2O. The summed E-state index contributed by atoms with van der Waals surface area (Å²) in [5, 5.41) is 2.71. The highest BCUT2D eigenvalue weighted by atomic mass is 35.5. The molecule has 0 spiro atoms. The Balaban J connectivity index is 2.33. The van der Waals surface area contributed by atoms with Gasteiger partial charge in [0, 0.05) is 5.69 Å². The van der Waals surface area contributed by atoms with Crippen LogP contribution in [0.25, 0.3) is 0 Å². The van der Waals surface area contributed by atoms with Crippen LogP contribution in [0.15, 0.2) is 30.3 Å². The first-order valence-corrected chi connectivity index (χ1v) is 6.09. The largest absolute Gasteiger partial charge is 0.397 e. The van der Waals surface area contributed by atoms with Crippen molar-refractivity contribution in [3.8, 4) is 0 Å². The second-order valence-electron chi connectivity index (χ2n) is 4.24. The van der Waals surface area contributed by atoms with Crippen molar-refractivity contribution in [3.05, 3.63) is 58.1 Å². The molecule has 0 bridgehead atoms. The molecule has 0 saturated carbocycles. The average molecular weight is 297 g/mol. The van der Waals surface area contributed by atoms with E-state index in [1.54, 1.807) is 0 Å². The smallest absolute Gasteiger partial charge is 0.261 e. The molecule has 2 rings (SSSR count). The number of hydrogen-bond donors (Lipinski definition) is 2. The molecule has 0 aliphatic carbocycles. The van der Waals surface area contributed by atoms with E-state index in [2.05, 4.69) is 5.32 Å². The number of aryl methyl sites for hydroxylation is 1. The zero-order chi connectivity index (χ0) is 14.9. The monoisotopic (exact) mass is 296 g/mol. The Morgan fingerprint density at radius 3 is 2.60 bits per heavy atom. The molecular weight excluding hydrogens is 286 g/mol. The second-order valence-corrected chi connectivity index (χ2v) is 4.65. The van der Waals surface area contributed by atoms with E-state index in [9.17, 15) is 13.6 Å². The summed E-state index contributed by atoms with van der Waals surface area (Å²) in [5.74, 6) is -2.69. The zero-order valence-electron chi connectivity index (χ0n) is 10.5. The van der Waals surface area contributed by atoms with Crippen LogP contribution in [0, 0.1) is 18.6 Å². The number of nitrogens with one attached hydrogen (secondary N) is 1. The maximum Gasteiger partial charge on any atom is 0.261 e. The summed E-state index contributed by atoms with van der Waals surface area (Å²) in [6, 6.07) is 6.69. The van der Waals surface area contributed by atoms with Crippen LogP contribution in [0.4, 0.5) is 20.2 Å². The minimum Gasteiger partial charge on any atom is -0.397 e.